The number of alkyl halides is 1. The first kappa shape index (κ1) is 20.3. The van der Waals surface area contributed by atoms with Crippen LogP contribution in [0.4, 0.5) is 4.79 Å². The summed E-state index contributed by atoms with van der Waals surface area (Å²) in [7, 11) is 0. The van der Waals surface area contributed by atoms with Crippen LogP contribution in [0.5, 0.6) is 0 Å². The molecule has 134 valence electrons. The van der Waals surface area contributed by atoms with Crippen molar-refractivity contribution in [3.63, 3.8) is 0 Å². The summed E-state index contributed by atoms with van der Waals surface area (Å²) in [4.78, 5) is 26.2. The Morgan fingerprint density at radius 3 is 2.38 bits per heavy atom. The molecule has 0 aliphatic carbocycles. The molecule has 5 nitrogen and oxygen atoms in total. The molecule has 1 aromatic rings. The summed E-state index contributed by atoms with van der Waals surface area (Å²) >= 11 is 5.83. The third-order valence-corrected chi connectivity index (χ3v) is 3.98. The van der Waals surface area contributed by atoms with Crippen LogP contribution in [-0.4, -0.2) is 42.0 Å². The van der Waals surface area contributed by atoms with Crippen molar-refractivity contribution in [2.45, 2.75) is 39.8 Å². The van der Waals surface area contributed by atoms with Crippen LogP contribution in [0.1, 0.15) is 32.8 Å². The molecule has 0 aliphatic rings. The fraction of sp³-hybridized carbons (Fsp3) is 0.556. The number of carbonyl (C=O) groups excluding carboxylic acids is 2. The minimum atomic E-state index is -0.697. The Labute approximate surface area is 148 Å². The summed E-state index contributed by atoms with van der Waals surface area (Å²) in [5.74, 6) is -0.266. The van der Waals surface area contributed by atoms with Crippen LogP contribution in [-0.2, 0) is 20.9 Å². The second-order valence-electron chi connectivity index (χ2n) is 5.50. The lowest BCUT2D eigenvalue weighted by Gasteiger charge is -2.32. The van der Waals surface area contributed by atoms with Crippen LogP contribution >= 0.6 is 11.6 Å². The van der Waals surface area contributed by atoms with Gasteiger partial charge in [-0.05, 0) is 18.4 Å². The van der Waals surface area contributed by atoms with Crippen molar-refractivity contribution < 1.29 is 19.1 Å². The number of ether oxygens (including phenoxy) is 2. The van der Waals surface area contributed by atoms with Crippen LogP contribution in [0.3, 0.4) is 0 Å². The summed E-state index contributed by atoms with van der Waals surface area (Å²) < 4.78 is 10.5. The van der Waals surface area contributed by atoms with E-state index in [1.807, 2.05) is 44.2 Å². The fourth-order valence-electron chi connectivity index (χ4n) is 2.35. The Kier molecular flexibility index (Phi) is 9.23. The number of rotatable bonds is 9. The maximum Gasteiger partial charge on any atom is 0.410 e. The van der Waals surface area contributed by atoms with E-state index in [9.17, 15) is 9.59 Å². The fourth-order valence-corrected chi connectivity index (χ4v) is 2.54. The molecule has 0 saturated carbocycles. The van der Waals surface area contributed by atoms with E-state index in [0.717, 1.165) is 12.0 Å². The van der Waals surface area contributed by atoms with Gasteiger partial charge in [-0.3, -0.25) is 4.90 Å². The SMILES string of the molecule is CCOC(=O)[C@H]([C@@H](C)CC)N(CCCl)C(=O)OCc1ccccc1. The highest BCUT2D eigenvalue weighted by atomic mass is 35.5. The first-order valence-electron chi connectivity index (χ1n) is 8.25. The minimum absolute atomic E-state index is 0.0588. The third-order valence-electron chi connectivity index (χ3n) is 3.81. The normalized spacial score (nSPS) is 13.0. The summed E-state index contributed by atoms with van der Waals surface area (Å²) in [5, 5.41) is 0. The summed E-state index contributed by atoms with van der Waals surface area (Å²) in [6.45, 7) is 6.25. The van der Waals surface area contributed by atoms with Gasteiger partial charge in [-0.25, -0.2) is 9.59 Å². The molecule has 0 fully saturated rings. The smallest absolute Gasteiger partial charge is 0.410 e. The van der Waals surface area contributed by atoms with Gasteiger partial charge < -0.3 is 9.47 Å². The average molecular weight is 356 g/mol. The standard InChI is InChI=1S/C18H26ClNO4/c1-4-14(3)16(17(21)23-5-2)20(12-11-19)18(22)24-13-15-9-7-6-8-10-15/h6-10,14,16H,4-5,11-13H2,1-3H3/t14-,16-/m0/s1. The predicted octanol–water partition coefficient (Wildman–Crippen LogP) is 3.84. The van der Waals surface area contributed by atoms with E-state index in [-0.39, 0.29) is 31.6 Å². The van der Waals surface area contributed by atoms with Crippen molar-refractivity contribution >= 4 is 23.7 Å². The monoisotopic (exact) mass is 355 g/mol. The van der Waals surface area contributed by atoms with E-state index in [1.165, 1.54) is 4.90 Å². The molecule has 0 spiro atoms. The van der Waals surface area contributed by atoms with Crippen molar-refractivity contribution in [1.29, 1.82) is 0 Å². The molecule has 0 bridgehead atoms. The van der Waals surface area contributed by atoms with Crippen LogP contribution in [0.2, 0.25) is 0 Å². The van der Waals surface area contributed by atoms with E-state index >= 15 is 0 Å². The molecule has 2 atom stereocenters. The molecule has 1 amide bonds. The zero-order valence-electron chi connectivity index (χ0n) is 14.5. The zero-order chi connectivity index (χ0) is 17.9. The van der Waals surface area contributed by atoms with E-state index in [4.69, 9.17) is 21.1 Å². The Morgan fingerprint density at radius 1 is 1.17 bits per heavy atom. The maximum atomic E-state index is 12.5. The molecule has 6 heteroatoms. The van der Waals surface area contributed by atoms with Crippen molar-refractivity contribution in [3.05, 3.63) is 35.9 Å². The highest BCUT2D eigenvalue weighted by molar-refractivity contribution is 6.18. The molecule has 0 N–H and O–H groups in total. The van der Waals surface area contributed by atoms with Crippen LogP contribution in [0.15, 0.2) is 30.3 Å². The number of nitrogens with zero attached hydrogens (tertiary/aromatic N) is 1. The van der Waals surface area contributed by atoms with E-state index in [2.05, 4.69) is 0 Å². The van der Waals surface area contributed by atoms with Crippen molar-refractivity contribution in [2.75, 3.05) is 19.0 Å². The van der Waals surface area contributed by atoms with Gasteiger partial charge in [-0.1, -0.05) is 50.6 Å². The molecule has 1 aromatic carbocycles. The molecule has 0 saturated heterocycles. The van der Waals surface area contributed by atoms with Gasteiger partial charge in [-0.2, -0.15) is 0 Å². The number of halogens is 1. The molecular weight excluding hydrogens is 330 g/mol. The topological polar surface area (TPSA) is 55.8 Å². The molecule has 0 unspecified atom stereocenters. The van der Waals surface area contributed by atoms with Crippen molar-refractivity contribution in [2.24, 2.45) is 5.92 Å². The van der Waals surface area contributed by atoms with Gasteiger partial charge in [0.15, 0.2) is 0 Å². The second kappa shape index (κ2) is 10.9. The van der Waals surface area contributed by atoms with Crippen molar-refractivity contribution in [3.8, 4) is 0 Å². The highest BCUT2D eigenvalue weighted by Crippen LogP contribution is 2.18. The van der Waals surface area contributed by atoms with Gasteiger partial charge in [0.2, 0.25) is 0 Å². The summed E-state index contributed by atoms with van der Waals surface area (Å²) in [6, 6.07) is 8.69. The highest BCUT2D eigenvalue weighted by Gasteiger charge is 2.35. The van der Waals surface area contributed by atoms with Gasteiger partial charge in [0.05, 0.1) is 6.61 Å². The lowest BCUT2D eigenvalue weighted by Crippen LogP contribution is -2.50. The molecule has 0 heterocycles. The average Bonchev–Trinajstić information content (AvgIpc) is 2.60. The maximum absolute atomic E-state index is 12.5. The van der Waals surface area contributed by atoms with E-state index in [0.29, 0.717) is 0 Å². The molecule has 24 heavy (non-hydrogen) atoms. The predicted molar refractivity (Wildman–Crippen MR) is 93.9 cm³/mol. The third kappa shape index (κ3) is 6.04. The molecule has 0 aliphatic heterocycles. The Hall–Kier alpha value is -1.75. The lowest BCUT2D eigenvalue weighted by molar-refractivity contribution is -0.151. The van der Waals surface area contributed by atoms with Gasteiger partial charge in [0.25, 0.3) is 0 Å². The number of hydrogen-bond acceptors (Lipinski definition) is 4. The van der Waals surface area contributed by atoms with Gasteiger partial charge >= 0.3 is 12.1 Å². The van der Waals surface area contributed by atoms with Gasteiger partial charge in [0, 0.05) is 12.4 Å². The quantitative estimate of drug-likeness (QED) is 0.499. The Balaban J connectivity index is 2.86. The van der Waals surface area contributed by atoms with Crippen LogP contribution in [0.25, 0.3) is 0 Å². The lowest BCUT2D eigenvalue weighted by atomic mass is 9.98. The van der Waals surface area contributed by atoms with Crippen LogP contribution < -0.4 is 0 Å². The summed E-state index contributed by atoms with van der Waals surface area (Å²) in [5.41, 5.74) is 0.882. The van der Waals surface area contributed by atoms with Crippen LogP contribution in [0, 0.1) is 5.92 Å². The minimum Gasteiger partial charge on any atom is -0.464 e. The largest absolute Gasteiger partial charge is 0.464 e. The first-order valence-corrected chi connectivity index (χ1v) is 8.78. The molecular formula is C18H26ClNO4. The first-order chi connectivity index (χ1) is 11.5. The number of carbonyl (C=O) groups is 2. The van der Waals surface area contributed by atoms with E-state index < -0.39 is 18.1 Å². The molecule has 0 aromatic heterocycles. The number of benzene rings is 1. The summed E-state index contributed by atoms with van der Waals surface area (Å²) in [6.07, 6.45) is 0.173. The Morgan fingerprint density at radius 2 is 1.83 bits per heavy atom. The Bertz CT molecular complexity index is 509. The van der Waals surface area contributed by atoms with Gasteiger partial charge in [0.1, 0.15) is 12.6 Å². The molecule has 1 rings (SSSR count). The van der Waals surface area contributed by atoms with E-state index in [1.54, 1.807) is 6.92 Å². The van der Waals surface area contributed by atoms with Crippen molar-refractivity contribution in [1.82, 2.24) is 4.90 Å². The number of hydrogen-bond donors (Lipinski definition) is 0. The number of esters is 1. The zero-order valence-corrected chi connectivity index (χ0v) is 15.3. The molecule has 0 radical (unpaired) electrons. The number of amides is 1. The van der Waals surface area contributed by atoms with Gasteiger partial charge in [-0.15, -0.1) is 11.6 Å². The second-order valence-corrected chi connectivity index (χ2v) is 5.88.